The van der Waals surface area contributed by atoms with Crippen LogP contribution in [0, 0.1) is 0 Å². The second-order valence-electron chi connectivity index (χ2n) is 6.26. The minimum Gasteiger partial charge on any atom is -0.322 e. The van der Waals surface area contributed by atoms with E-state index in [9.17, 15) is 4.79 Å². The summed E-state index contributed by atoms with van der Waals surface area (Å²) in [6.07, 6.45) is 3.28. The van der Waals surface area contributed by atoms with Gasteiger partial charge in [-0.3, -0.25) is 14.4 Å². The van der Waals surface area contributed by atoms with Gasteiger partial charge in [-0.1, -0.05) is 19.1 Å². The Morgan fingerprint density at radius 1 is 1.12 bits per heavy atom. The van der Waals surface area contributed by atoms with Crippen LogP contribution >= 0.6 is 0 Å². The van der Waals surface area contributed by atoms with Crippen LogP contribution in [0.3, 0.4) is 0 Å². The van der Waals surface area contributed by atoms with E-state index in [0.717, 1.165) is 45.0 Å². The predicted molar refractivity (Wildman–Crippen MR) is 95.0 cm³/mol. The van der Waals surface area contributed by atoms with Crippen molar-refractivity contribution in [3.05, 3.63) is 47.8 Å². The standard InChI is InChI=1S/C18H25N5O/c1-3-22-8-10-23(11-9-22)13-15-4-6-17(7-5-15)20-18(24)16-12-19-21(2)14-16/h4-7,12,14H,3,8-11,13H2,1-2H3,(H,20,24). The molecular weight excluding hydrogens is 302 g/mol. The maximum Gasteiger partial charge on any atom is 0.258 e. The lowest BCUT2D eigenvalue weighted by Crippen LogP contribution is -2.45. The zero-order valence-corrected chi connectivity index (χ0v) is 14.4. The summed E-state index contributed by atoms with van der Waals surface area (Å²) in [5.41, 5.74) is 2.65. The first kappa shape index (κ1) is 16.7. The number of anilines is 1. The van der Waals surface area contributed by atoms with Crippen molar-refractivity contribution in [2.45, 2.75) is 13.5 Å². The summed E-state index contributed by atoms with van der Waals surface area (Å²) in [5.74, 6) is -0.133. The first-order chi connectivity index (χ1) is 11.6. The molecule has 1 N–H and O–H groups in total. The summed E-state index contributed by atoms with van der Waals surface area (Å²) >= 11 is 0. The average Bonchev–Trinajstić information content (AvgIpc) is 3.04. The molecule has 0 spiro atoms. The van der Waals surface area contributed by atoms with E-state index in [1.165, 1.54) is 5.56 Å². The number of aromatic nitrogens is 2. The Bertz CT molecular complexity index is 671. The van der Waals surface area contributed by atoms with Crippen LogP contribution in [-0.2, 0) is 13.6 Å². The predicted octanol–water partition coefficient (Wildman–Crippen LogP) is 1.81. The van der Waals surface area contributed by atoms with E-state index < -0.39 is 0 Å². The van der Waals surface area contributed by atoms with Crippen LogP contribution in [0.15, 0.2) is 36.7 Å². The van der Waals surface area contributed by atoms with Crippen molar-refractivity contribution in [2.24, 2.45) is 7.05 Å². The molecule has 2 aromatic rings. The smallest absolute Gasteiger partial charge is 0.258 e. The fourth-order valence-electron chi connectivity index (χ4n) is 2.96. The fraction of sp³-hybridized carbons (Fsp3) is 0.444. The molecule has 6 heteroatoms. The Kier molecular flexibility index (Phi) is 5.27. The largest absolute Gasteiger partial charge is 0.322 e. The normalized spacial score (nSPS) is 16.2. The van der Waals surface area contributed by atoms with Crippen LogP contribution in [-0.4, -0.2) is 58.2 Å². The molecule has 0 radical (unpaired) electrons. The number of piperazine rings is 1. The maximum atomic E-state index is 12.1. The average molecular weight is 327 g/mol. The molecule has 3 rings (SSSR count). The number of aryl methyl sites for hydroxylation is 1. The summed E-state index contributed by atoms with van der Waals surface area (Å²) in [7, 11) is 1.80. The third kappa shape index (κ3) is 4.21. The maximum absolute atomic E-state index is 12.1. The highest BCUT2D eigenvalue weighted by Gasteiger charge is 2.15. The highest BCUT2D eigenvalue weighted by molar-refractivity contribution is 6.03. The van der Waals surface area contributed by atoms with Gasteiger partial charge in [0, 0.05) is 51.7 Å². The molecule has 2 heterocycles. The molecule has 0 unspecified atom stereocenters. The SMILES string of the molecule is CCN1CCN(Cc2ccc(NC(=O)c3cnn(C)c3)cc2)CC1. The Morgan fingerprint density at radius 3 is 2.38 bits per heavy atom. The molecule has 6 nitrogen and oxygen atoms in total. The highest BCUT2D eigenvalue weighted by atomic mass is 16.1. The molecule has 128 valence electrons. The Morgan fingerprint density at radius 2 is 1.79 bits per heavy atom. The number of rotatable bonds is 5. The molecule has 1 saturated heterocycles. The molecule has 1 aliphatic heterocycles. The number of likely N-dealkylation sites (N-methyl/N-ethyl adjacent to an activating group) is 1. The van der Waals surface area contributed by atoms with Gasteiger partial charge in [-0.15, -0.1) is 0 Å². The van der Waals surface area contributed by atoms with E-state index in [1.54, 1.807) is 24.1 Å². The molecule has 1 aromatic heterocycles. The van der Waals surface area contributed by atoms with Crippen molar-refractivity contribution in [1.29, 1.82) is 0 Å². The number of carbonyl (C=O) groups is 1. The topological polar surface area (TPSA) is 53.4 Å². The van der Waals surface area contributed by atoms with Gasteiger partial charge in [-0.05, 0) is 24.2 Å². The van der Waals surface area contributed by atoms with E-state index in [-0.39, 0.29) is 5.91 Å². The first-order valence-electron chi connectivity index (χ1n) is 8.47. The third-order valence-electron chi connectivity index (χ3n) is 4.50. The third-order valence-corrected chi connectivity index (χ3v) is 4.50. The first-order valence-corrected chi connectivity index (χ1v) is 8.47. The van der Waals surface area contributed by atoms with E-state index in [0.29, 0.717) is 5.56 Å². The minimum absolute atomic E-state index is 0.133. The minimum atomic E-state index is -0.133. The van der Waals surface area contributed by atoms with Crippen molar-refractivity contribution >= 4 is 11.6 Å². The number of carbonyl (C=O) groups excluding carboxylic acids is 1. The summed E-state index contributed by atoms with van der Waals surface area (Å²) in [5, 5.41) is 6.92. The van der Waals surface area contributed by atoms with Gasteiger partial charge in [0.2, 0.25) is 0 Å². The summed E-state index contributed by atoms with van der Waals surface area (Å²) < 4.78 is 1.62. The van der Waals surface area contributed by atoms with Crippen molar-refractivity contribution in [3.8, 4) is 0 Å². The van der Waals surface area contributed by atoms with Crippen molar-refractivity contribution in [1.82, 2.24) is 19.6 Å². The lowest BCUT2D eigenvalue weighted by atomic mass is 10.1. The molecule has 1 aliphatic rings. The summed E-state index contributed by atoms with van der Waals surface area (Å²) in [4.78, 5) is 17.1. The van der Waals surface area contributed by atoms with Crippen LogP contribution in [0.5, 0.6) is 0 Å². The van der Waals surface area contributed by atoms with E-state index >= 15 is 0 Å². The second kappa shape index (κ2) is 7.59. The zero-order valence-electron chi connectivity index (χ0n) is 14.4. The molecule has 1 amide bonds. The summed E-state index contributed by atoms with van der Waals surface area (Å²) in [6, 6.07) is 8.11. The molecule has 24 heavy (non-hydrogen) atoms. The molecule has 0 atom stereocenters. The van der Waals surface area contributed by atoms with Crippen molar-refractivity contribution < 1.29 is 4.79 Å². The quantitative estimate of drug-likeness (QED) is 0.910. The number of hydrogen-bond donors (Lipinski definition) is 1. The number of nitrogens with one attached hydrogen (secondary N) is 1. The van der Waals surface area contributed by atoms with Crippen molar-refractivity contribution in [2.75, 3.05) is 38.0 Å². The second-order valence-corrected chi connectivity index (χ2v) is 6.26. The lowest BCUT2D eigenvalue weighted by molar-refractivity contribution is 0.102. The fourth-order valence-corrected chi connectivity index (χ4v) is 2.96. The highest BCUT2D eigenvalue weighted by Crippen LogP contribution is 2.14. The van der Waals surface area contributed by atoms with Gasteiger partial charge in [-0.2, -0.15) is 5.10 Å². The Labute approximate surface area is 143 Å². The van der Waals surface area contributed by atoms with Gasteiger partial charge >= 0.3 is 0 Å². The van der Waals surface area contributed by atoms with Crippen molar-refractivity contribution in [3.63, 3.8) is 0 Å². The number of benzene rings is 1. The molecule has 0 bridgehead atoms. The molecule has 1 aromatic carbocycles. The van der Waals surface area contributed by atoms with E-state index in [4.69, 9.17) is 0 Å². The van der Waals surface area contributed by atoms with Crippen LogP contribution in [0.1, 0.15) is 22.8 Å². The van der Waals surface area contributed by atoms with Gasteiger partial charge in [0.05, 0.1) is 11.8 Å². The van der Waals surface area contributed by atoms with E-state index in [2.05, 4.69) is 39.3 Å². The van der Waals surface area contributed by atoms with Gasteiger partial charge in [0.1, 0.15) is 0 Å². The van der Waals surface area contributed by atoms with Crippen LogP contribution < -0.4 is 5.32 Å². The lowest BCUT2D eigenvalue weighted by Gasteiger charge is -2.34. The number of amides is 1. The Balaban J connectivity index is 1.53. The van der Waals surface area contributed by atoms with E-state index in [1.807, 2.05) is 12.1 Å². The summed E-state index contributed by atoms with van der Waals surface area (Å²) in [6.45, 7) is 8.86. The van der Waals surface area contributed by atoms with Gasteiger partial charge in [-0.25, -0.2) is 0 Å². The van der Waals surface area contributed by atoms with Crippen LogP contribution in [0.2, 0.25) is 0 Å². The molecular formula is C18H25N5O. The molecule has 0 saturated carbocycles. The number of hydrogen-bond acceptors (Lipinski definition) is 4. The Hall–Kier alpha value is -2.18. The van der Waals surface area contributed by atoms with Gasteiger partial charge in [0.25, 0.3) is 5.91 Å². The zero-order chi connectivity index (χ0) is 16.9. The van der Waals surface area contributed by atoms with Crippen LogP contribution in [0.25, 0.3) is 0 Å². The monoisotopic (exact) mass is 327 g/mol. The van der Waals surface area contributed by atoms with Gasteiger partial charge in [0.15, 0.2) is 0 Å². The van der Waals surface area contributed by atoms with Gasteiger partial charge < -0.3 is 10.2 Å². The molecule has 0 aliphatic carbocycles. The molecule has 1 fully saturated rings. The number of nitrogens with zero attached hydrogens (tertiary/aromatic N) is 4. The van der Waals surface area contributed by atoms with Crippen LogP contribution in [0.4, 0.5) is 5.69 Å².